The Morgan fingerprint density at radius 2 is 1.95 bits per heavy atom. The van der Waals surface area contributed by atoms with Crippen molar-refractivity contribution in [3.63, 3.8) is 0 Å². The fourth-order valence-electron chi connectivity index (χ4n) is 4.49. The van der Waals surface area contributed by atoms with Crippen LogP contribution in [-0.2, 0) is 11.3 Å². The van der Waals surface area contributed by atoms with Crippen LogP contribution in [0.4, 0.5) is 10.2 Å². The number of aromatic nitrogens is 5. The predicted molar refractivity (Wildman–Crippen MR) is 142 cm³/mol. The summed E-state index contributed by atoms with van der Waals surface area (Å²) in [5.74, 6) is 0.932. The molecule has 1 aliphatic rings. The molecule has 2 N–H and O–H groups in total. The van der Waals surface area contributed by atoms with Crippen LogP contribution in [0.5, 0.6) is 17.2 Å². The predicted octanol–water partition coefficient (Wildman–Crippen LogP) is 5.70. The van der Waals surface area contributed by atoms with E-state index in [-0.39, 0.29) is 11.8 Å². The lowest BCUT2D eigenvalue weighted by Gasteiger charge is -2.22. The summed E-state index contributed by atoms with van der Waals surface area (Å²) < 4.78 is 34.3. The number of aryl methyl sites for hydroxylation is 1. The van der Waals surface area contributed by atoms with Gasteiger partial charge in [0.1, 0.15) is 35.9 Å². The Hall–Kier alpha value is -4.09. The van der Waals surface area contributed by atoms with Crippen LogP contribution in [0.3, 0.4) is 0 Å². The van der Waals surface area contributed by atoms with Crippen LogP contribution in [0.15, 0.2) is 55.0 Å². The molecule has 3 aromatic heterocycles. The van der Waals surface area contributed by atoms with Gasteiger partial charge in [-0.2, -0.15) is 5.10 Å². The number of fused-ring (bicyclic) bond motifs is 1. The quantitative estimate of drug-likeness (QED) is 0.284. The third-order valence-corrected chi connectivity index (χ3v) is 7.23. The number of hydrogen-bond acceptors (Lipinski definition) is 9. The highest BCUT2D eigenvalue weighted by Gasteiger charge is 2.24. The second-order valence-corrected chi connectivity index (χ2v) is 10.3. The molecular formula is C27H25FN6O3S. The zero-order chi connectivity index (χ0) is 26.1. The second kappa shape index (κ2) is 10.3. The highest BCUT2D eigenvalue weighted by Crippen LogP contribution is 2.36. The van der Waals surface area contributed by atoms with Crippen LogP contribution in [0.2, 0.25) is 0 Å². The van der Waals surface area contributed by atoms with Crippen LogP contribution >= 0.6 is 11.3 Å². The average Bonchev–Trinajstić information content (AvgIpc) is 3.54. The van der Waals surface area contributed by atoms with Crippen molar-refractivity contribution in [2.24, 2.45) is 0 Å². The molecule has 38 heavy (non-hydrogen) atoms. The third kappa shape index (κ3) is 4.90. The molecule has 5 aromatic rings. The zero-order valence-corrected chi connectivity index (χ0v) is 21.4. The Labute approximate surface area is 222 Å². The van der Waals surface area contributed by atoms with Gasteiger partial charge in [-0.1, -0.05) is 6.07 Å². The Balaban J connectivity index is 1.25. The number of thiazole rings is 1. The molecule has 194 valence electrons. The molecule has 4 heterocycles. The lowest BCUT2D eigenvalue weighted by Crippen LogP contribution is -2.20. The van der Waals surface area contributed by atoms with E-state index in [0.717, 1.165) is 22.7 Å². The van der Waals surface area contributed by atoms with Gasteiger partial charge < -0.3 is 19.9 Å². The summed E-state index contributed by atoms with van der Waals surface area (Å²) in [5, 5.41) is 6.40. The second-order valence-electron chi connectivity index (χ2n) is 8.95. The molecule has 9 nitrogen and oxygen atoms in total. The zero-order valence-electron chi connectivity index (χ0n) is 20.6. The topological polar surface area (TPSA) is 110 Å². The molecule has 0 amide bonds. The molecular weight excluding hydrogens is 507 g/mol. The standard InChI is InChI=1S/C27H25FN6O3S/c1-16-30-13-21(38-16)14-36-19-3-2-4-20(12-19)37-23-6-5-17(11-22(23)28)25-24-26(29)31-15-32-27(24)34(33-25)18-7-9-35-10-8-18/h2-6,11-13,15,18H,7-10,14H2,1H3,(H2,29,31,32). The van der Waals surface area contributed by atoms with Crippen molar-refractivity contribution in [3.05, 3.63) is 70.7 Å². The van der Waals surface area contributed by atoms with Crippen LogP contribution in [0.1, 0.15) is 28.8 Å². The van der Waals surface area contributed by atoms with E-state index < -0.39 is 5.82 Å². The fourth-order valence-corrected chi connectivity index (χ4v) is 5.20. The first kappa shape index (κ1) is 24.3. The maximum atomic E-state index is 15.3. The molecule has 0 atom stereocenters. The first-order valence-corrected chi connectivity index (χ1v) is 13.0. The number of ether oxygens (including phenoxy) is 3. The molecule has 0 spiro atoms. The number of benzene rings is 2. The van der Waals surface area contributed by atoms with Crippen LogP contribution in [0.25, 0.3) is 22.3 Å². The van der Waals surface area contributed by atoms with Gasteiger partial charge in [-0.05, 0) is 50.1 Å². The molecule has 0 aliphatic carbocycles. The van der Waals surface area contributed by atoms with Gasteiger partial charge in [0.25, 0.3) is 0 Å². The SMILES string of the molecule is Cc1ncc(COc2cccc(Oc3ccc(-c4nn(C5CCOCC5)c5ncnc(N)c45)cc3F)c2)s1. The van der Waals surface area contributed by atoms with E-state index in [2.05, 4.69) is 15.0 Å². The van der Waals surface area contributed by atoms with Gasteiger partial charge in [0.15, 0.2) is 17.2 Å². The number of halogens is 1. The number of rotatable bonds is 7. The monoisotopic (exact) mass is 532 g/mol. The third-order valence-electron chi connectivity index (χ3n) is 6.34. The van der Waals surface area contributed by atoms with Crippen molar-refractivity contribution in [1.29, 1.82) is 0 Å². The molecule has 0 bridgehead atoms. The summed E-state index contributed by atoms with van der Waals surface area (Å²) in [4.78, 5) is 13.8. The minimum absolute atomic E-state index is 0.0846. The summed E-state index contributed by atoms with van der Waals surface area (Å²) >= 11 is 1.58. The van der Waals surface area contributed by atoms with Crippen molar-refractivity contribution in [1.82, 2.24) is 24.7 Å². The van der Waals surface area contributed by atoms with Gasteiger partial charge in [-0.25, -0.2) is 24.0 Å². The van der Waals surface area contributed by atoms with Crippen molar-refractivity contribution in [2.45, 2.75) is 32.4 Å². The molecule has 1 saturated heterocycles. The van der Waals surface area contributed by atoms with Gasteiger partial charge in [-0.15, -0.1) is 11.3 Å². The Kier molecular flexibility index (Phi) is 6.61. The van der Waals surface area contributed by atoms with E-state index in [0.29, 0.717) is 59.4 Å². The van der Waals surface area contributed by atoms with Crippen LogP contribution in [-0.4, -0.2) is 37.9 Å². The maximum absolute atomic E-state index is 15.3. The van der Waals surface area contributed by atoms with Gasteiger partial charge in [0.05, 0.1) is 21.3 Å². The fraction of sp³-hybridized carbons (Fsp3) is 0.259. The molecule has 0 radical (unpaired) electrons. The van der Waals surface area contributed by atoms with Crippen LogP contribution < -0.4 is 15.2 Å². The Morgan fingerprint density at radius 1 is 1.11 bits per heavy atom. The van der Waals surface area contributed by atoms with Gasteiger partial charge in [-0.3, -0.25) is 0 Å². The molecule has 0 saturated carbocycles. The lowest BCUT2D eigenvalue weighted by molar-refractivity contribution is 0.0674. The number of nitrogen functional groups attached to an aromatic ring is 1. The summed E-state index contributed by atoms with van der Waals surface area (Å²) in [5.41, 5.74) is 7.94. The largest absolute Gasteiger partial charge is 0.488 e. The summed E-state index contributed by atoms with van der Waals surface area (Å²) in [6.07, 6.45) is 4.85. The highest BCUT2D eigenvalue weighted by molar-refractivity contribution is 7.11. The first-order chi connectivity index (χ1) is 18.5. The van der Waals surface area contributed by atoms with Crippen molar-refractivity contribution in [3.8, 4) is 28.5 Å². The Bertz CT molecular complexity index is 1600. The summed E-state index contributed by atoms with van der Waals surface area (Å²) in [6, 6.07) is 12.0. The van der Waals surface area contributed by atoms with E-state index in [1.807, 2.05) is 17.7 Å². The molecule has 11 heteroatoms. The minimum atomic E-state index is -0.529. The van der Waals surface area contributed by atoms with E-state index in [9.17, 15) is 0 Å². The van der Waals surface area contributed by atoms with Gasteiger partial charge in [0, 0.05) is 31.0 Å². The van der Waals surface area contributed by atoms with Crippen molar-refractivity contribution >= 4 is 28.2 Å². The van der Waals surface area contributed by atoms with E-state index in [4.69, 9.17) is 25.0 Å². The summed E-state index contributed by atoms with van der Waals surface area (Å²) in [6.45, 7) is 3.66. The maximum Gasteiger partial charge on any atom is 0.166 e. The first-order valence-electron chi connectivity index (χ1n) is 12.2. The summed E-state index contributed by atoms with van der Waals surface area (Å²) in [7, 11) is 0. The smallest absolute Gasteiger partial charge is 0.166 e. The average molecular weight is 533 g/mol. The van der Waals surface area contributed by atoms with Crippen LogP contribution in [0, 0.1) is 12.7 Å². The lowest BCUT2D eigenvalue weighted by atomic mass is 10.1. The van der Waals surface area contributed by atoms with E-state index in [1.54, 1.807) is 47.9 Å². The van der Waals surface area contributed by atoms with E-state index in [1.165, 1.54) is 12.4 Å². The molecule has 6 rings (SSSR count). The van der Waals surface area contributed by atoms with Gasteiger partial charge >= 0.3 is 0 Å². The van der Waals surface area contributed by atoms with Crippen molar-refractivity contribution < 1.29 is 18.6 Å². The minimum Gasteiger partial charge on any atom is -0.488 e. The number of nitrogens with two attached hydrogens (primary N) is 1. The Morgan fingerprint density at radius 3 is 2.74 bits per heavy atom. The number of nitrogens with zero attached hydrogens (tertiary/aromatic N) is 5. The van der Waals surface area contributed by atoms with Crippen molar-refractivity contribution in [2.75, 3.05) is 18.9 Å². The molecule has 1 aliphatic heterocycles. The number of anilines is 1. The molecule has 0 unspecified atom stereocenters. The number of hydrogen-bond donors (Lipinski definition) is 1. The van der Waals surface area contributed by atoms with E-state index >= 15 is 4.39 Å². The molecule has 1 fully saturated rings. The van der Waals surface area contributed by atoms with Gasteiger partial charge in [0.2, 0.25) is 0 Å². The molecule has 2 aromatic carbocycles. The highest BCUT2D eigenvalue weighted by atomic mass is 32.1. The normalized spacial score (nSPS) is 14.2.